The lowest BCUT2D eigenvalue weighted by atomic mass is 9.82. The van der Waals surface area contributed by atoms with Crippen LogP contribution in [0.2, 0.25) is 0 Å². The summed E-state index contributed by atoms with van der Waals surface area (Å²) in [6.07, 6.45) is 0. The molecule has 1 nitrogen and oxygen atoms in total. The first-order chi connectivity index (χ1) is 30.0. The van der Waals surface area contributed by atoms with E-state index in [9.17, 15) is 0 Å². The quantitative estimate of drug-likeness (QED) is 0.167. The maximum Gasteiger partial charge on any atom is 0.0640 e. The van der Waals surface area contributed by atoms with Crippen molar-refractivity contribution in [2.45, 2.75) is 19.3 Å². The fourth-order valence-corrected chi connectivity index (χ4v) is 14.0. The van der Waals surface area contributed by atoms with E-state index in [1.165, 1.54) is 111 Å². The van der Waals surface area contributed by atoms with E-state index >= 15 is 0 Å². The molecule has 288 valence electrons. The second-order valence-corrected chi connectivity index (χ2v) is 19.9. The minimum absolute atomic E-state index is 0.0466. The van der Waals surface area contributed by atoms with Crippen molar-refractivity contribution < 1.29 is 0 Å². The van der Waals surface area contributed by atoms with Gasteiger partial charge in [-0.15, -0.1) is 34.0 Å². The Kier molecular flexibility index (Phi) is 7.63. The summed E-state index contributed by atoms with van der Waals surface area (Å²) in [5.74, 6) is 0. The summed E-state index contributed by atoms with van der Waals surface area (Å²) >= 11 is 5.72. The van der Waals surface area contributed by atoms with Crippen molar-refractivity contribution in [3.05, 3.63) is 199 Å². The fourth-order valence-electron chi connectivity index (χ4n) is 10.2. The van der Waals surface area contributed by atoms with Crippen LogP contribution in [0.3, 0.4) is 0 Å². The molecule has 9 aromatic carbocycles. The molecule has 0 atom stereocenters. The van der Waals surface area contributed by atoms with Crippen LogP contribution >= 0.6 is 34.0 Å². The van der Waals surface area contributed by atoms with E-state index in [-0.39, 0.29) is 5.41 Å². The lowest BCUT2D eigenvalue weighted by Crippen LogP contribution is -2.14. The highest BCUT2D eigenvalue weighted by Crippen LogP contribution is 2.55. The Balaban J connectivity index is 0.990. The minimum atomic E-state index is -0.0466. The van der Waals surface area contributed by atoms with Crippen LogP contribution in [0.1, 0.15) is 25.0 Å². The number of hydrogen-bond donors (Lipinski definition) is 0. The van der Waals surface area contributed by atoms with Crippen LogP contribution in [0.15, 0.2) is 188 Å². The highest BCUT2D eigenvalue weighted by atomic mass is 32.1. The number of benzene rings is 9. The molecular formula is C57H37NS3. The van der Waals surface area contributed by atoms with Gasteiger partial charge in [-0.2, -0.15) is 0 Å². The molecule has 0 unspecified atom stereocenters. The fraction of sp³-hybridized carbons (Fsp3) is 0.0526. The molecule has 4 heteroatoms. The van der Waals surface area contributed by atoms with Crippen molar-refractivity contribution in [1.29, 1.82) is 0 Å². The molecule has 0 fully saturated rings. The number of hydrogen-bond acceptors (Lipinski definition) is 4. The van der Waals surface area contributed by atoms with Crippen LogP contribution in [0.4, 0.5) is 17.1 Å². The molecule has 0 saturated heterocycles. The molecule has 0 amide bonds. The van der Waals surface area contributed by atoms with E-state index in [4.69, 9.17) is 0 Å². The third-order valence-electron chi connectivity index (χ3n) is 13.1. The Morgan fingerprint density at radius 2 is 0.820 bits per heavy atom. The maximum atomic E-state index is 2.48. The Morgan fingerprint density at radius 1 is 0.344 bits per heavy atom. The van der Waals surface area contributed by atoms with E-state index in [2.05, 4.69) is 207 Å². The first-order valence-electron chi connectivity index (χ1n) is 20.9. The van der Waals surface area contributed by atoms with Crippen LogP contribution < -0.4 is 4.90 Å². The predicted molar refractivity (Wildman–Crippen MR) is 268 cm³/mol. The van der Waals surface area contributed by atoms with E-state index < -0.39 is 0 Å². The van der Waals surface area contributed by atoms with Gasteiger partial charge >= 0.3 is 0 Å². The smallest absolute Gasteiger partial charge is 0.0640 e. The maximum absolute atomic E-state index is 2.48. The van der Waals surface area contributed by atoms with E-state index in [1.807, 2.05) is 34.0 Å². The van der Waals surface area contributed by atoms with Crippen molar-refractivity contribution in [2.24, 2.45) is 0 Å². The highest BCUT2D eigenvalue weighted by Gasteiger charge is 2.37. The van der Waals surface area contributed by atoms with Gasteiger partial charge in [0.2, 0.25) is 0 Å². The number of fused-ring (bicyclic) bond motifs is 13. The Hall–Kier alpha value is -6.56. The van der Waals surface area contributed by atoms with Crippen LogP contribution in [0, 0.1) is 0 Å². The van der Waals surface area contributed by atoms with Crippen LogP contribution in [0.5, 0.6) is 0 Å². The molecule has 1 aliphatic rings. The third-order valence-corrected chi connectivity index (χ3v) is 16.8. The first-order valence-corrected chi connectivity index (χ1v) is 23.4. The van der Waals surface area contributed by atoms with Crippen molar-refractivity contribution in [3.8, 4) is 33.4 Å². The van der Waals surface area contributed by atoms with Crippen LogP contribution in [-0.4, -0.2) is 0 Å². The van der Waals surface area contributed by atoms with Gasteiger partial charge in [0.1, 0.15) is 0 Å². The molecule has 0 saturated carbocycles. The molecule has 0 radical (unpaired) electrons. The molecule has 3 aromatic heterocycles. The van der Waals surface area contributed by atoms with Crippen molar-refractivity contribution in [3.63, 3.8) is 0 Å². The molecule has 0 N–H and O–H groups in total. The van der Waals surface area contributed by atoms with Gasteiger partial charge in [-0.1, -0.05) is 159 Å². The van der Waals surface area contributed by atoms with Gasteiger partial charge < -0.3 is 4.90 Å². The van der Waals surface area contributed by atoms with Crippen molar-refractivity contribution in [2.75, 3.05) is 4.90 Å². The minimum Gasteiger partial charge on any atom is -0.309 e. The standard InChI is InChI=1S/C57H37NS3/c1-57(2)47-20-6-3-14-46(47)52-48(57)33-32-45-44-19-11-21-49(55(44)61-56(45)52)58(36-28-24-34(25-29-36)38-15-9-17-42-40-12-4-7-22-50(40)59-53(38)42)37-30-26-35(27-31-37)39-16-10-18-43-41-13-5-8-23-51(41)60-54(39)43/h3-33H,1-2H3. The van der Waals surface area contributed by atoms with Gasteiger partial charge in [0.15, 0.2) is 0 Å². The summed E-state index contributed by atoms with van der Waals surface area (Å²) in [5.41, 5.74) is 14.0. The van der Waals surface area contributed by atoms with Gasteiger partial charge in [-0.3, -0.25) is 0 Å². The molecule has 3 heterocycles. The summed E-state index contributed by atoms with van der Waals surface area (Å²) in [6.45, 7) is 4.75. The summed E-state index contributed by atoms with van der Waals surface area (Å²) in [5, 5.41) is 7.93. The van der Waals surface area contributed by atoms with Crippen molar-refractivity contribution >= 4 is 112 Å². The van der Waals surface area contributed by atoms with Gasteiger partial charge in [-0.05, 0) is 81.4 Å². The first kappa shape index (κ1) is 35.2. The Labute approximate surface area is 366 Å². The van der Waals surface area contributed by atoms with Crippen LogP contribution in [-0.2, 0) is 5.41 Å². The molecule has 61 heavy (non-hydrogen) atoms. The molecule has 0 aliphatic heterocycles. The number of nitrogens with zero attached hydrogens (tertiary/aromatic N) is 1. The van der Waals surface area contributed by atoms with Gasteiger partial charge in [-0.25, -0.2) is 0 Å². The summed E-state index contributed by atoms with van der Waals surface area (Å²) in [7, 11) is 0. The second kappa shape index (κ2) is 13.2. The topological polar surface area (TPSA) is 3.24 Å². The zero-order valence-corrected chi connectivity index (χ0v) is 36.0. The zero-order chi connectivity index (χ0) is 40.4. The molecular weight excluding hydrogens is 795 g/mol. The average molecular weight is 832 g/mol. The molecule has 0 bridgehead atoms. The van der Waals surface area contributed by atoms with Gasteiger partial charge in [0.05, 0.1) is 10.4 Å². The van der Waals surface area contributed by atoms with Crippen molar-refractivity contribution in [1.82, 2.24) is 0 Å². The van der Waals surface area contributed by atoms with E-state index in [0.717, 1.165) is 11.4 Å². The lowest BCUT2D eigenvalue weighted by Gasteiger charge is -2.26. The molecule has 13 rings (SSSR count). The normalized spacial score (nSPS) is 13.2. The predicted octanol–water partition coefficient (Wildman–Crippen LogP) is 17.9. The van der Waals surface area contributed by atoms with Gasteiger partial charge in [0.25, 0.3) is 0 Å². The molecule has 0 spiro atoms. The zero-order valence-electron chi connectivity index (χ0n) is 33.6. The highest BCUT2D eigenvalue weighted by molar-refractivity contribution is 7.27. The SMILES string of the molecule is CC1(C)c2ccccc2-c2c1ccc1c2sc2c(N(c3ccc(-c4cccc5c4sc4ccccc45)cc3)c3ccc(-c4cccc5c4sc4ccccc45)cc3)cccc21. The van der Waals surface area contributed by atoms with E-state index in [0.29, 0.717) is 0 Å². The largest absolute Gasteiger partial charge is 0.309 e. The molecule has 1 aliphatic carbocycles. The van der Waals surface area contributed by atoms with Crippen LogP contribution in [0.25, 0.3) is 93.9 Å². The summed E-state index contributed by atoms with van der Waals surface area (Å²) in [6, 6.07) is 70.2. The Morgan fingerprint density at radius 3 is 1.43 bits per heavy atom. The number of anilines is 3. The number of rotatable bonds is 5. The average Bonchev–Trinajstić information content (AvgIpc) is 4.06. The van der Waals surface area contributed by atoms with Gasteiger partial charge in [0, 0.05) is 78.2 Å². The second-order valence-electron chi connectivity index (χ2n) is 16.8. The third kappa shape index (κ3) is 5.17. The summed E-state index contributed by atoms with van der Waals surface area (Å²) in [4.78, 5) is 2.48. The monoisotopic (exact) mass is 831 g/mol. The Bertz CT molecular complexity index is 3570. The lowest BCUT2D eigenvalue weighted by molar-refractivity contribution is 0.661. The molecule has 12 aromatic rings. The number of thiophene rings is 3. The van der Waals surface area contributed by atoms with E-state index in [1.54, 1.807) is 0 Å². The summed E-state index contributed by atoms with van der Waals surface area (Å²) < 4.78 is 8.00.